The van der Waals surface area contributed by atoms with Crippen molar-refractivity contribution in [3.05, 3.63) is 65.2 Å². The van der Waals surface area contributed by atoms with Crippen molar-refractivity contribution in [2.45, 2.75) is 6.61 Å². The average molecular weight is 224 g/mol. The maximum absolute atomic E-state index is 4.99. The van der Waals surface area contributed by atoms with Gasteiger partial charge in [0.25, 0.3) is 0 Å². The normalized spacial score (nSPS) is 13.6. The Kier molecular flexibility index (Phi) is 2.64. The number of benzene rings is 2. The van der Waals surface area contributed by atoms with Crippen molar-refractivity contribution >= 4 is 12.2 Å². The lowest BCUT2D eigenvalue weighted by Gasteiger charge is -1.97. The third kappa shape index (κ3) is 2.22. The molecule has 0 fully saturated rings. The van der Waals surface area contributed by atoms with Crippen LogP contribution in [0.1, 0.15) is 16.7 Å². The van der Waals surface area contributed by atoms with Crippen LogP contribution < -0.4 is 4.89 Å². The maximum Gasteiger partial charge on any atom is 0.171 e. The molecule has 0 spiro atoms. The number of fused-ring (bicyclic) bond motifs is 1. The maximum atomic E-state index is 4.99. The van der Waals surface area contributed by atoms with Gasteiger partial charge in [0.2, 0.25) is 0 Å². The summed E-state index contributed by atoms with van der Waals surface area (Å²) in [5, 5.41) is 0. The Hall–Kier alpha value is -2.06. The lowest BCUT2D eigenvalue weighted by atomic mass is 10.1. The van der Waals surface area contributed by atoms with Crippen molar-refractivity contribution in [1.82, 2.24) is 0 Å². The third-order valence-electron chi connectivity index (χ3n) is 2.72. The van der Waals surface area contributed by atoms with Crippen LogP contribution in [0.4, 0.5) is 0 Å². The van der Waals surface area contributed by atoms with Gasteiger partial charge in [-0.05, 0) is 23.3 Å². The Labute approximate surface area is 100 Å². The van der Waals surface area contributed by atoms with E-state index in [1.54, 1.807) is 0 Å². The van der Waals surface area contributed by atoms with Gasteiger partial charge in [0.05, 0.1) is 0 Å². The zero-order valence-electron chi connectivity index (χ0n) is 9.30. The summed E-state index contributed by atoms with van der Waals surface area (Å²) in [6.07, 6.45) is 4.19. The monoisotopic (exact) mass is 224 g/mol. The van der Waals surface area contributed by atoms with Crippen molar-refractivity contribution in [2.24, 2.45) is 0 Å². The molecule has 84 valence electrons. The quantitative estimate of drug-likeness (QED) is 0.572. The van der Waals surface area contributed by atoms with Crippen LogP contribution >= 0.6 is 0 Å². The van der Waals surface area contributed by atoms with Gasteiger partial charge in [0, 0.05) is 5.56 Å². The highest BCUT2D eigenvalue weighted by molar-refractivity contribution is 5.70. The van der Waals surface area contributed by atoms with Gasteiger partial charge in [-0.15, -0.1) is 0 Å². The van der Waals surface area contributed by atoms with Crippen molar-refractivity contribution in [1.29, 1.82) is 0 Å². The smallest absolute Gasteiger partial charge is 0.171 e. The summed E-state index contributed by atoms with van der Waals surface area (Å²) in [5.41, 5.74) is 3.45. The molecule has 0 N–H and O–H groups in total. The van der Waals surface area contributed by atoms with Crippen LogP contribution in [0.25, 0.3) is 12.2 Å². The van der Waals surface area contributed by atoms with Gasteiger partial charge in [-0.3, -0.25) is 0 Å². The highest BCUT2D eigenvalue weighted by atomic mass is 17.2. The van der Waals surface area contributed by atoms with Crippen molar-refractivity contribution in [3.8, 4) is 5.75 Å². The topological polar surface area (TPSA) is 18.5 Å². The Morgan fingerprint density at radius 3 is 2.59 bits per heavy atom. The summed E-state index contributed by atoms with van der Waals surface area (Å²) >= 11 is 0. The molecule has 0 atom stereocenters. The van der Waals surface area contributed by atoms with E-state index in [0.29, 0.717) is 6.61 Å². The molecule has 0 unspecified atom stereocenters. The largest absolute Gasteiger partial charge is 0.337 e. The minimum Gasteiger partial charge on any atom is -0.337 e. The van der Waals surface area contributed by atoms with E-state index in [4.69, 9.17) is 9.78 Å². The lowest BCUT2D eigenvalue weighted by molar-refractivity contribution is -0.194. The van der Waals surface area contributed by atoms with Crippen molar-refractivity contribution in [2.75, 3.05) is 0 Å². The summed E-state index contributed by atoms with van der Waals surface area (Å²) in [6.45, 7) is 0.530. The molecule has 1 aliphatic heterocycles. The molecule has 0 saturated carbocycles. The Bertz CT molecular complexity index is 544. The molecule has 2 aromatic carbocycles. The second kappa shape index (κ2) is 4.44. The fourth-order valence-corrected chi connectivity index (χ4v) is 1.81. The highest BCUT2D eigenvalue weighted by Gasteiger charge is 2.12. The minimum absolute atomic E-state index is 0.530. The van der Waals surface area contributed by atoms with Gasteiger partial charge >= 0.3 is 0 Å². The van der Waals surface area contributed by atoms with Crippen LogP contribution in [0.3, 0.4) is 0 Å². The molecule has 0 saturated heterocycles. The van der Waals surface area contributed by atoms with E-state index >= 15 is 0 Å². The lowest BCUT2D eigenvalue weighted by Crippen LogP contribution is -1.81. The Morgan fingerprint density at radius 2 is 1.71 bits per heavy atom. The molecule has 0 aromatic heterocycles. The van der Waals surface area contributed by atoms with Crippen LogP contribution in [0.15, 0.2) is 48.5 Å². The standard InChI is InChI=1S/C15H12O2/c1-2-4-12(5-3-1)6-7-13-8-9-15-14(10-13)11-16-17-15/h1-10H,11H2. The molecule has 0 aliphatic carbocycles. The number of hydrogen-bond donors (Lipinski definition) is 0. The first-order chi connectivity index (χ1) is 8.42. The average Bonchev–Trinajstić information content (AvgIpc) is 2.85. The minimum atomic E-state index is 0.530. The molecule has 1 heterocycles. The molecule has 0 amide bonds. The van der Waals surface area contributed by atoms with Crippen LogP contribution in [-0.2, 0) is 11.5 Å². The molecule has 0 radical (unpaired) electrons. The summed E-state index contributed by atoms with van der Waals surface area (Å²) in [4.78, 5) is 9.90. The molecule has 2 nitrogen and oxygen atoms in total. The van der Waals surface area contributed by atoms with Gasteiger partial charge in [-0.25, -0.2) is 0 Å². The summed E-state index contributed by atoms with van der Waals surface area (Å²) in [6, 6.07) is 16.3. The van der Waals surface area contributed by atoms with Crippen LogP contribution in [0, 0.1) is 0 Å². The second-order valence-corrected chi connectivity index (χ2v) is 3.96. The zero-order chi connectivity index (χ0) is 11.5. The second-order valence-electron chi connectivity index (χ2n) is 3.96. The van der Waals surface area contributed by atoms with E-state index in [2.05, 4.69) is 30.4 Å². The van der Waals surface area contributed by atoms with Crippen LogP contribution in [-0.4, -0.2) is 0 Å². The van der Waals surface area contributed by atoms with Gasteiger partial charge in [0.1, 0.15) is 6.61 Å². The van der Waals surface area contributed by atoms with E-state index in [1.165, 1.54) is 5.56 Å². The molecule has 17 heavy (non-hydrogen) atoms. The SMILES string of the molecule is C(=Cc1ccc2c(c1)COO2)c1ccccc1. The van der Waals surface area contributed by atoms with Crippen LogP contribution in [0.2, 0.25) is 0 Å². The number of rotatable bonds is 2. The fourth-order valence-electron chi connectivity index (χ4n) is 1.81. The molecule has 1 aliphatic rings. The Morgan fingerprint density at radius 1 is 0.882 bits per heavy atom. The van der Waals surface area contributed by atoms with Gasteiger partial charge in [-0.1, -0.05) is 48.6 Å². The Balaban J connectivity index is 1.84. The summed E-state index contributed by atoms with van der Waals surface area (Å²) < 4.78 is 0. The van der Waals surface area contributed by atoms with Gasteiger partial charge in [0.15, 0.2) is 5.75 Å². The molecule has 0 bridgehead atoms. The van der Waals surface area contributed by atoms with Crippen molar-refractivity contribution in [3.63, 3.8) is 0 Å². The number of hydrogen-bond acceptors (Lipinski definition) is 2. The van der Waals surface area contributed by atoms with E-state index in [1.807, 2.05) is 30.3 Å². The van der Waals surface area contributed by atoms with Gasteiger partial charge in [-0.2, -0.15) is 4.89 Å². The van der Waals surface area contributed by atoms with E-state index in [0.717, 1.165) is 16.9 Å². The fraction of sp³-hybridized carbons (Fsp3) is 0.0667. The summed E-state index contributed by atoms with van der Waals surface area (Å²) in [7, 11) is 0. The highest BCUT2D eigenvalue weighted by Crippen LogP contribution is 2.27. The molecular weight excluding hydrogens is 212 g/mol. The molecule has 2 aromatic rings. The molecule has 2 heteroatoms. The van der Waals surface area contributed by atoms with Gasteiger partial charge < -0.3 is 4.89 Å². The van der Waals surface area contributed by atoms with E-state index in [9.17, 15) is 0 Å². The summed E-state index contributed by atoms with van der Waals surface area (Å²) in [5.74, 6) is 0.821. The first kappa shape index (κ1) is 10.1. The molecular formula is C15H12O2. The predicted octanol–water partition coefficient (Wildman–Crippen LogP) is 3.68. The zero-order valence-corrected chi connectivity index (χ0v) is 9.30. The third-order valence-corrected chi connectivity index (χ3v) is 2.72. The predicted molar refractivity (Wildman–Crippen MR) is 67.2 cm³/mol. The molecule has 3 rings (SSSR count). The van der Waals surface area contributed by atoms with E-state index < -0.39 is 0 Å². The first-order valence-corrected chi connectivity index (χ1v) is 5.57. The van der Waals surface area contributed by atoms with Crippen LogP contribution in [0.5, 0.6) is 5.75 Å². The van der Waals surface area contributed by atoms with E-state index in [-0.39, 0.29) is 0 Å². The van der Waals surface area contributed by atoms with Crippen molar-refractivity contribution < 1.29 is 9.78 Å². The first-order valence-electron chi connectivity index (χ1n) is 5.57.